The fourth-order valence-electron chi connectivity index (χ4n) is 3.41. The SMILES string of the molecule is CC(C)n1ncc2c(C(=O)OCC(=O)NNC(=O)c3ccccc3F)cc(-c3ccccc3)nc21. The van der Waals surface area contributed by atoms with Gasteiger partial charge in [-0.1, -0.05) is 42.5 Å². The second-order valence-electron chi connectivity index (χ2n) is 7.90. The van der Waals surface area contributed by atoms with Crippen molar-refractivity contribution in [3.63, 3.8) is 0 Å². The molecule has 0 aliphatic carbocycles. The third-order valence-corrected chi connectivity index (χ3v) is 5.11. The Labute approximate surface area is 199 Å². The number of nitrogens with one attached hydrogen (secondary N) is 2. The Morgan fingerprint density at radius 3 is 2.43 bits per heavy atom. The highest BCUT2D eigenvalue weighted by Gasteiger charge is 2.20. The molecule has 0 fully saturated rings. The van der Waals surface area contributed by atoms with Crippen molar-refractivity contribution in [2.24, 2.45) is 0 Å². The van der Waals surface area contributed by atoms with E-state index in [4.69, 9.17) is 4.74 Å². The van der Waals surface area contributed by atoms with E-state index < -0.39 is 30.2 Å². The van der Waals surface area contributed by atoms with E-state index in [-0.39, 0.29) is 17.2 Å². The van der Waals surface area contributed by atoms with Gasteiger partial charge in [-0.3, -0.25) is 20.4 Å². The maximum Gasteiger partial charge on any atom is 0.339 e. The average molecular weight is 475 g/mol. The lowest BCUT2D eigenvalue weighted by molar-refractivity contribution is -0.125. The zero-order chi connectivity index (χ0) is 24.9. The van der Waals surface area contributed by atoms with E-state index in [1.54, 1.807) is 10.7 Å². The molecule has 2 amide bonds. The van der Waals surface area contributed by atoms with Gasteiger partial charge in [0.1, 0.15) is 5.82 Å². The monoisotopic (exact) mass is 475 g/mol. The summed E-state index contributed by atoms with van der Waals surface area (Å²) in [7, 11) is 0. The number of hydrogen-bond acceptors (Lipinski definition) is 6. The summed E-state index contributed by atoms with van der Waals surface area (Å²) in [5.41, 5.74) is 6.00. The number of carbonyl (C=O) groups excluding carboxylic acids is 3. The maximum absolute atomic E-state index is 13.7. The summed E-state index contributed by atoms with van der Waals surface area (Å²) in [5.74, 6) is -3.13. The van der Waals surface area contributed by atoms with E-state index in [1.807, 2.05) is 44.2 Å². The van der Waals surface area contributed by atoms with Crippen molar-refractivity contribution in [1.82, 2.24) is 25.6 Å². The summed E-state index contributed by atoms with van der Waals surface area (Å²) in [5, 5.41) is 4.82. The largest absolute Gasteiger partial charge is 0.452 e. The predicted molar refractivity (Wildman–Crippen MR) is 126 cm³/mol. The predicted octanol–water partition coefficient (Wildman–Crippen LogP) is 3.44. The zero-order valence-electron chi connectivity index (χ0n) is 19.0. The van der Waals surface area contributed by atoms with Crippen molar-refractivity contribution in [2.75, 3.05) is 6.61 Å². The molecule has 2 aromatic heterocycles. The lowest BCUT2D eigenvalue weighted by atomic mass is 10.1. The maximum atomic E-state index is 13.7. The first-order valence-corrected chi connectivity index (χ1v) is 10.8. The first-order valence-electron chi connectivity index (χ1n) is 10.8. The number of rotatable bonds is 6. The number of pyridine rings is 1. The number of amides is 2. The number of hydrogen-bond donors (Lipinski definition) is 2. The molecule has 0 saturated carbocycles. The molecule has 0 bridgehead atoms. The second-order valence-corrected chi connectivity index (χ2v) is 7.90. The second kappa shape index (κ2) is 10.1. The molecule has 9 nitrogen and oxygen atoms in total. The summed E-state index contributed by atoms with van der Waals surface area (Å²) in [6.45, 7) is 3.22. The zero-order valence-corrected chi connectivity index (χ0v) is 19.0. The Hall–Kier alpha value is -4.60. The van der Waals surface area contributed by atoms with E-state index >= 15 is 0 Å². The van der Waals surface area contributed by atoms with Crippen LogP contribution in [0, 0.1) is 5.82 Å². The quantitative estimate of drug-likeness (QED) is 0.326. The van der Waals surface area contributed by atoms with Crippen LogP contribution in [0.3, 0.4) is 0 Å². The van der Waals surface area contributed by atoms with Crippen molar-refractivity contribution in [2.45, 2.75) is 19.9 Å². The van der Waals surface area contributed by atoms with E-state index in [2.05, 4.69) is 20.9 Å². The van der Waals surface area contributed by atoms with E-state index in [0.29, 0.717) is 16.7 Å². The van der Waals surface area contributed by atoms with Crippen molar-refractivity contribution >= 4 is 28.8 Å². The first-order chi connectivity index (χ1) is 16.8. The molecule has 2 N–H and O–H groups in total. The molecular formula is C25H22FN5O4. The molecular weight excluding hydrogens is 453 g/mol. The fraction of sp³-hybridized carbons (Fsp3) is 0.160. The first kappa shape index (κ1) is 23.6. The van der Waals surface area contributed by atoms with Gasteiger partial charge in [-0.15, -0.1) is 0 Å². The van der Waals surface area contributed by atoms with Crippen LogP contribution >= 0.6 is 0 Å². The van der Waals surface area contributed by atoms with Gasteiger partial charge in [0.25, 0.3) is 11.8 Å². The van der Waals surface area contributed by atoms with E-state index in [0.717, 1.165) is 11.6 Å². The molecule has 0 aliphatic rings. The molecule has 178 valence electrons. The number of esters is 1. The third-order valence-electron chi connectivity index (χ3n) is 5.11. The Balaban J connectivity index is 1.50. The molecule has 0 saturated heterocycles. The number of ether oxygens (including phenoxy) is 1. The fourth-order valence-corrected chi connectivity index (χ4v) is 3.41. The van der Waals surface area contributed by atoms with Crippen LogP contribution in [0.15, 0.2) is 66.9 Å². The van der Waals surface area contributed by atoms with Crippen LogP contribution in [0.2, 0.25) is 0 Å². The molecule has 2 aromatic carbocycles. The number of halogens is 1. The van der Waals surface area contributed by atoms with Gasteiger partial charge >= 0.3 is 5.97 Å². The minimum absolute atomic E-state index is 0.00117. The van der Waals surface area contributed by atoms with Crippen molar-refractivity contribution in [1.29, 1.82) is 0 Å². The van der Waals surface area contributed by atoms with Crippen LogP contribution in [0.1, 0.15) is 40.6 Å². The third kappa shape index (κ3) is 5.16. The number of benzene rings is 2. The molecule has 2 heterocycles. The highest BCUT2D eigenvalue weighted by Crippen LogP contribution is 2.26. The van der Waals surface area contributed by atoms with Crippen LogP contribution in [0.25, 0.3) is 22.3 Å². The summed E-state index contributed by atoms with van der Waals surface area (Å²) >= 11 is 0. The highest BCUT2D eigenvalue weighted by molar-refractivity contribution is 6.04. The lowest BCUT2D eigenvalue weighted by Crippen LogP contribution is -2.43. The molecule has 0 unspecified atom stereocenters. The van der Waals surface area contributed by atoms with Gasteiger partial charge in [0.15, 0.2) is 12.3 Å². The molecule has 0 radical (unpaired) electrons. The average Bonchev–Trinajstić information content (AvgIpc) is 3.30. The van der Waals surface area contributed by atoms with Crippen molar-refractivity contribution < 1.29 is 23.5 Å². The minimum atomic E-state index is -0.841. The highest BCUT2D eigenvalue weighted by atomic mass is 19.1. The summed E-state index contributed by atoms with van der Waals surface area (Å²) in [6, 6.07) is 16.2. The van der Waals surface area contributed by atoms with Gasteiger partial charge in [-0.25, -0.2) is 18.9 Å². The Morgan fingerprint density at radius 1 is 1.00 bits per heavy atom. The van der Waals surface area contributed by atoms with Crippen LogP contribution in [0.4, 0.5) is 4.39 Å². The molecule has 4 aromatic rings. The van der Waals surface area contributed by atoms with Crippen LogP contribution in [-0.2, 0) is 9.53 Å². The van der Waals surface area contributed by atoms with E-state index in [9.17, 15) is 18.8 Å². The Morgan fingerprint density at radius 2 is 1.71 bits per heavy atom. The molecule has 0 spiro atoms. The molecule has 10 heteroatoms. The van der Waals surface area contributed by atoms with Gasteiger partial charge in [-0.2, -0.15) is 5.10 Å². The molecule has 0 atom stereocenters. The number of fused-ring (bicyclic) bond motifs is 1. The van der Waals surface area contributed by atoms with E-state index in [1.165, 1.54) is 24.4 Å². The lowest BCUT2D eigenvalue weighted by Gasteiger charge is -2.11. The van der Waals surface area contributed by atoms with Gasteiger partial charge in [0.2, 0.25) is 0 Å². The number of aromatic nitrogens is 3. The van der Waals surface area contributed by atoms with Gasteiger partial charge < -0.3 is 4.74 Å². The Bertz CT molecular complexity index is 1400. The number of carbonyl (C=O) groups is 3. The Kier molecular flexibility index (Phi) is 6.81. The minimum Gasteiger partial charge on any atom is -0.452 e. The topological polar surface area (TPSA) is 115 Å². The number of hydrazine groups is 1. The normalized spacial score (nSPS) is 10.9. The molecule has 35 heavy (non-hydrogen) atoms. The van der Waals surface area contributed by atoms with Gasteiger partial charge in [-0.05, 0) is 32.0 Å². The van der Waals surface area contributed by atoms with Crippen LogP contribution in [0.5, 0.6) is 0 Å². The summed E-state index contributed by atoms with van der Waals surface area (Å²) < 4.78 is 20.6. The summed E-state index contributed by atoms with van der Waals surface area (Å²) in [4.78, 5) is 41.7. The van der Waals surface area contributed by atoms with Gasteiger partial charge in [0, 0.05) is 11.6 Å². The number of nitrogens with zero attached hydrogens (tertiary/aromatic N) is 3. The van der Waals surface area contributed by atoms with Crippen LogP contribution in [-0.4, -0.2) is 39.2 Å². The van der Waals surface area contributed by atoms with Crippen LogP contribution < -0.4 is 10.9 Å². The van der Waals surface area contributed by atoms with Crippen molar-refractivity contribution in [3.05, 3.63) is 83.8 Å². The van der Waals surface area contributed by atoms with Crippen molar-refractivity contribution in [3.8, 4) is 11.3 Å². The summed E-state index contributed by atoms with van der Waals surface area (Å²) in [6.07, 6.45) is 1.53. The molecule has 4 rings (SSSR count). The smallest absolute Gasteiger partial charge is 0.339 e. The molecule has 0 aliphatic heterocycles. The standard InChI is InChI=1S/C25H22FN5O4/c1-15(2)31-23-19(13-27-31)18(12-21(28-23)16-8-4-3-5-9-16)25(34)35-14-22(32)29-30-24(33)17-10-6-7-11-20(17)26/h3-13,15H,14H2,1-2H3,(H,29,32)(H,30,33). The van der Waals surface area contributed by atoms with Gasteiger partial charge in [0.05, 0.1) is 28.4 Å².